The quantitative estimate of drug-likeness (QED) is 0.656. The molecule has 26 heavy (non-hydrogen) atoms. The van der Waals surface area contributed by atoms with Crippen LogP contribution in [0.15, 0.2) is 35.5 Å². The number of nitrogens with one attached hydrogen (secondary N) is 1. The molecule has 1 saturated heterocycles. The van der Waals surface area contributed by atoms with Gasteiger partial charge in [0.2, 0.25) is 5.91 Å². The van der Waals surface area contributed by atoms with Crippen LogP contribution in [0.5, 0.6) is 0 Å². The molecule has 4 rings (SSSR count). The van der Waals surface area contributed by atoms with Crippen LogP contribution in [0.1, 0.15) is 44.6 Å². The highest BCUT2D eigenvalue weighted by Gasteiger charge is 2.59. The van der Waals surface area contributed by atoms with Gasteiger partial charge in [0, 0.05) is 17.0 Å². The molecule has 5 N–H and O–H groups in total. The molecule has 1 fully saturated rings. The predicted octanol–water partition coefficient (Wildman–Crippen LogP) is 1.56. The van der Waals surface area contributed by atoms with Gasteiger partial charge in [-0.15, -0.1) is 0 Å². The first-order chi connectivity index (χ1) is 12.5. The number of amides is 1. The van der Waals surface area contributed by atoms with Crippen LogP contribution in [0.2, 0.25) is 0 Å². The summed E-state index contributed by atoms with van der Waals surface area (Å²) in [5, 5.41) is 24.7. The van der Waals surface area contributed by atoms with Crippen molar-refractivity contribution in [3.8, 4) is 0 Å². The van der Waals surface area contributed by atoms with Crippen molar-refractivity contribution in [2.24, 2.45) is 5.73 Å². The molecule has 6 heteroatoms. The van der Waals surface area contributed by atoms with Crippen LogP contribution in [0.25, 0.3) is 0 Å². The fourth-order valence-electron chi connectivity index (χ4n) is 4.97. The van der Waals surface area contributed by atoms with E-state index in [0.717, 1.165) is 36.2 Å². The average Bonchev–Trinajstić information content (AvgIpc) is 3.03. The summed E-state index contributed by atoms with van der Waals surface area (Å²) in [5.41, 5.74) is 8.25. The van der Waals surface area contributed by atoms with Crippen molar-refractivity contribution in [1.82, 2.24) is 0 Å². The lowest BCUT2D eigenvalue weighted by molar-refractivity contribution is -0.114. The first-order valence-electron chi connectivity index (χ1n) is 9.42. The number of nitrogens with two attached hydrogens (primary N) is 1. The van der Waals surface area contributed by atoms with Crippen LogP contribution in [0.3, 0.4) is 0 Å². The summed E-state index contributed by atoms with van der Waals surface area (Å²) in [4.78, 5) is 12.2. The van der Waals surface area contributed by atoms with Crippen molar-refractivity contribution in [2.45, 2.75) is 68.9 Å². The van der Waals surface area contributed by atoms with Gasteiger partial charge in [-0.1, -0.05) is 31.5 Å². The number of carbonyl (C=O) groups excluding carboxylic acids is 1. The molecule has 0 aromatic heterocycles. The van der Waals surface area contributed by atoms with Crippen molar-refractivity contribution >= 4 is 11.6 Å². The lowest BCUT2D eigenvalue weighted by Gasteiger charge is -2.38. The van der Waals surface area contributed by atoms with Gasteiger partial charge in [0.1, 0.15) is 18.3 Å². The van der Waals surface area contributed by atoms with E-state index in [9.17, 15) is 15.0 Å². The monoisotopic (exact) mass is 358 g/mol. The van der Waals surface area contributed by atoms with E-state index in [4.69, 9.17) is 10.5 Å². The molecule has 0 spiro atoms. The van der Waals surface area contributed by atoms with E-state index in [1.807, 2.05) is 31.2 Å². The number of ether oxygens (including phenoxy) is 1. The van der Waals surface area contributed by atoms with Gasteiger partial charge < -0.3 is 26.0 Å². The molecule has 2 heterocycles. The van der Waals surface area contributed by atoms with E-state index in [1.165, 1.54) is 0 Å². The number of rotatable bonds is 3. The van der Waals surface area contributed by atoms with Gasteiger partial charge >= 0.3 is 0 Å². The second-order valence-electron chi connectivity index (χ2n) is 7.55. The Labute approximate surface area is 153 Å². The van der Waals surface area contributed by atoms with Crippen molar-refractivity contribution in [1.29, 1.82) is 0 Å². The molecular formula is C20H26N2O4. The summed E-state index contributed by atoms with van der Waals surface area (Å²) in [7, 11) is 0. The van der Waals surface area contributed by atoms with E-state index in [-0.39, 0.29) is 0 Å². The number of hydrogen-bond donors (Lipinski definition) is 4. The first-order valence-corrected chi connectivity index (χ1v) is 9.42. The fraction of sp³-hybridized carbons (Fsp3) is 0.550. The van der Waals surface area contributed by atoms with Crippen LogP contribution in [-0.4, -0.2) is 40.5 Å². The number of primary amides is 1. The van der Waals surface area contributed by atoms with E-state index in [0.29, 0.717) is 18.4 Å². The average molecular weight is 358 g/mol. The lowest BCUT2D eigenvalue weighted by Crippen LogP contribution is -2.48. The molecule has 2 aliphatic heterocycles. The maximum atomic E-state index is 12.2. The van der Waals surface area contributed by atoms with Gasteiger partial charge in [-0.2, -0.15) is 0 Å². The zero-order valence-corrected chi connectivity index (χ0v) is 14.9. The third-order valence-electron chi connectivity index (χ3n) is 6.21. The first kappa shape index (κ1) is 17.5. The van der Waals surface area contributed by atoms with Crippen LogP contribution in [0.4, 0.5) is 5.69 Å². The third-order valence-corrected chi connectivity index (χ3v) is 6.21. The van der Waals surface area contributed by atoms with E-state index in [2.05, 4.69) is 5.32 Å². The SMILES string of the molecule is CCC1OC(C23CCCCC(C(N)=O)=C2Nc2ccccc23)C(O)C1O. The topological polar surface area (TPSA) is 105 Å². The number of hydrogen-bond acceptors (Lipinski definition) is 5. The van der Waals surface area contributed by atoms with Crippen molar-refractivity contribution < 1.29 is 19.7 Å². The largest absolute Gasteiger partial charge is 0.388 e. The zero-order chi connectivity index (χ0) is 18.5. The molecular weight excluding hydrogens is 332 g/mol. The molecule has 140 valence electrons. The van der Waals surface area contributed by atoms with E-state index < -0.39 is 35.7 Å². The minimum Gasteiger partial charge on any atom is -0.388 e. The summed E-state index contributed by atoms with van der Waals surface area (Å²) in [5.74, 6) is -0.438. The molecule has 1 aromatic rings. The molecule has 0 bridgehead atoms. The summed E-state index contributed by atoms with van der Waals surface area (Å²) in [6.45, 7) is 1.93. The maximum Gasteiger partial charge on any atom is 0.246 e. The highest BCUT2D eigenvalue weighted by Crippen LogP contribution is 2.55. The van der Waals surface area contributed by atoms with E-state index >= 15 is 0 Å². The summed E-state index contributed by atoms with van der Waals surface area (Å²) < 4.78 is 6.19. The summed E-state index contributed by atoms with van der Waals surface area (Å²) in [6, 6.07) is 7.87. The number of carbonyl (C=O) groups is 1. The molecule has 0 radical (unpaired) electrons. The van der Waals surface area contributed by atoms with Gasteiger partial charge in [-0.3, -0.25) is 4.79 Å². The second kappa shape index (κ2) is 6.37. The number of benzene rings is 1. The highest BCUT2D eigenvalue weighted by atomic mass is 16.5. The maximum absolute atomic E-state index is 12.2. The van der Waals surface area contributed by atoms with Gasteiger partial charge in [-0.05, 0) is 37.3 Å². The van der Waals surface area contributed by atoms with Crippen LogP contribution in [-0.2, 0) is 14.9 Å². The number of aliphatic hydroxyl groups is 2. The smallest absolute Gasteiger partial charge is 0.246 e. The Kier molecular flexibility index (Phi) is 4.29. The van der Waals surface area contributed by atoms with Gasteiger partial charge in [-0.25, -0.2) is 0 Å². The number of fused-ring (bicyclic) bond motifs is 3. The predicted molar refractivity (Wildman–Crippen MR) is 97.4 cm³/mol. The van der Waals surface area contributed by atoms with Gasteiger partial charge in [0.25, 0.3) is 0 Å². The Morgan fingerprint density at radius 3 is 2.77 bits per heavy atom. The molecule has 1 aromatic carbocycles. The van der Waals surface area contributed by atoms with Crippen LogP contribution in [0, 0.1) is 0 Å². The van der Waals surface area contributed by atoms with Crippen LogP contribution < -0.4 is 11.1 Å². The van der Waals surface area contributed by atoms with Gasteiger partial charge in [0.15, 0.2) is 0 Å². The molecule has 0 saturated carbocycles. The Morgan fingerprint density at radius 1 is 1.31 bits per heavy atom. The van der Waals surface area contributed by atoms with Crippen molar-refractivity contribution in [3.05, 3.63) is 41.1 Å². The summed E-state index contributed by atoms with van der Waals surface area (Å²) in [6.07, 6.45) is 0.695. The van der Waals surface area contributed by atoms with Crippen molar-refractivity contribution in [2.75, 3.05) is 5.32 Å². The fourth-order valence-corrected chi connectivity index (χ4v) is 4.97. The minimum atomic E-state index is -1.02. The lowest BCUT2D eigenvalue weighted by atomic mass is 9.69. The number of anilines is 1. The number of para-hydroxylation sites is 1. The highest BCUT2D eigenvalue weighted by molar-refractivity contribution is 5.95. The normalized spacial score (nSPS) is 36.3. The molecule has 3 aliphatic rings. The van der Waals surface area contributed by atoms with Gasteiger partial charge in [0.05, 0.1) is 11.5 Å². The minimum absolute atomic E-state index is 0.418. The molecule has 5 unspecified atom stereocenters. The number of aliphatic hydroxyl groups excluding tert-OH is 2. The van der Waals surface area contributed by atoms with E-state index in [1.54, 1.807) is 0 Å². The molecule has 6 nitrogen and oxygen atoms in total. The Balaban J connectivity index is 1.93. The third kappa shape index (κ3) is 2.32. The standard InChI is InChI=1S/C20H26N2O4/c1-2-14-15(23)16(24)18(26-14)20-10-6-5-7-11(19(21)25)17(20)22-13-9-4-3-8-12(13)20/h3-4,8-9,14-16,18,22-24H,2,5-7,10H2,1H3,(H2,21,25). The second-order valence-corrected chi connectivity index (χ2v) is 7.55. The molecule has 1 aliphatic carbocycles. The Morgan fingerprint density at radius 2 is 2.08 bits per heavy atom. The zero-order valence-electron chi connectivity index (χ0n) is 14.9. The summed E-state index contributed by atoms with van der Waals surface area (Å²) >= 11 is 0. The van der Waals surface area contributed by atoms with Crippen molar-refractivity contribution in [3.63, 3.8) is 0 Å². The Bertz CT molecular complexity index is 762. The molecule has 5 atom stereocenters. The molecule has 1 amide bonds. The van der Waals surface area contributed by atoms with Crippen LogP contribution >= 0.6 is 0 Å². The Hall–Kier alpha value is -1.89.